The van der Waals surface area contributed by atoms with E-state index >= 15 is 0 Å². The Morgan fingerprint density at radius 3 is 3.00 bits per heavy atom. The minimum atomic E-state index is -0.714. The van der Waals surface area contributed by atoms with Crippen LogP contribution in [0.5, 0.6) is 5.88 Å². The van der Waals surface area contributed by atoms with Crippen molar-refractivity contribution in [1.29, 1.82) is 0 Å². The normalized spacial score (nSPS) is 12.5. The summed E-state index contributed by atoms with van der Waals surface area (Å²) in [4.78, 5) is 3.94. The van der Waals surface area contributed by atoms with Gasteiger partial charge >= 0.3 is 0 Å². The Bertz CT molecular complexity index is 265. The fourth-order valence-electron chi connectivity index (χ4n) is 1.11. The lowest BCUT2D eigenvalue weighted by molar-refractivity contribution is 0.131. The van der Waals surface area contributed by atoms with E-state index in [9.17, 15) is 5.11 Å². The Balaban J connectivity index is 2.85. The first-order valence-corrected chi connectivity index (χ1v) is 4.07. The Kier molecular flexibility index (Phi) is 3.67. The number of methoxy groups -OCH3 is 1. The molecule has 0 saturated carbocycles. The number of aliphatic hydroxyl groups is 2. The highest BCUT2D eigenvalue weighted by atomic mass is 16.5. The largest absolute Gasteiger partial charge is 0.481 e. The maximum absolute atomic E-state index is 9.55. The van der Waals surface area contributed by atoms with E-state index in [0.717, 1.165) is 0 Å². The molecule has 0 bridgehead atoms. The lowest BCUT2D eigenvalue weighted by Gasteiger charge is -2.11. The van der Waals surface area contributed by atoms with Gasteiger partial charge in [-0.15, -0.1) is 0 Å². The topological polar surface area (TPSA) is 62.6 Å². The Morgan fingerprint density at radius 2 is 2.38 bits per heavy atom. The molecule has 72 valence electrons. The van der Waals surface area contributed by atoms with Crippen LogP contribution < -0.4 is 4.74 Å². The average molecular weight is 183 g/mol. The van der Waals surface area contributed by atoms with Crippen LogP contribution in [0.1, 0.15) is 18.1 Å². The van der Waals surface area contributed by atoms with Crippen molar-refractivity contribution >= 4 is 0 Å². The van der Waals surface area contributed by atoms with Crippen LogP contribution >= 0.6 is 0 Å². The summed E-state index contributed by atoms with van der Waals surface area (Å²) >= 11 is 0. The minimum Gasteiger partial charge on any atom is -0.481 e. The predicted octanol–water partition coefficient (Wildman–Crippen LogP) is 0.506. The van der Waals surface area contributed by atoms with Gasteiger partial charge in [-0.2, -0.15) is 0 Å². The molecule has 0 saturated heterocycles. The van der Waals surface area contributed by atoms with Crippen LogP contribution in [0.15, 0.2) is 18.3 Å². The lowest BCUT2D eigenvalue weighted by atomic mass is 10.1. The lowest BCUT2D eigenvalue weighted by Crippen LogP contribution is -2.03. The van der Waals surface area contributed by atoms with Gasteiger partial charge < -0.3 is 14.9 Å². The summed E-state index contributed by atoms with van der Waals surface area (Å²) < 4.78 is 4.96. The van der Waals surface area contributed by atoms with Gasteiger partial charge in [0.25, 0.3) is 0 Å². The van der Waals surface area contributed by atoms with Crippen molar-refractivity contribution in [1.82, 2.24) is 4.98 Å². The van der Waals surface area contributed by atoms with Crippen LogP contribution in [0.3, 0.4) is 0 Å². The van der Waals surface area contributed by atoms with Gasteiger partial charge in [0, 0.05) is 24.8 Å². The molecule has 2 N–H and O–H groups in total. The molecule has 0 aromatic carbocycles. The molecule has 0 aliphatic carbocycles. The fraction of sp³-hybridized carbons (Fsp3) is 0.444. The zero-order chi connectivity index (χ0) is 9.68. The van der Waals surface area contributed by atoms with Crippen molar-refractivity contribution in [2.45, 2.75) is 12.5 Å². The summed E-state index contributed by atoms with van der Waals surface area (Å²) in [5.41, 5.74) is 0.610. The van der Waals surface area contributed by atoms with Gasteiger partial charge in [-0.25, -0.2) is 4.98 Å². The van der Waals surface area contributed by atoms with Gasteiger partial charge in [0.1, 0.15) is 0 Å². The van der Waals surface area contributed by atoms with Crippen molar-refractivity contribution in [2.24, 2.45) is 0 Å². The van der Waals surface area contributed by atoms with Gasteiger partial charge in [-0.05, 0) is 12.1 Å². The third-order valence-electron chi connectivity index (χ3n) is 1.76. The van der Waals surface area contributed by atoms with Crippen LogP contribution in [0.25, 0.3) is 0 Å². The Morgan fingerprint density at radius 1 is 1.62 bits per heavy atom. The SMILES string of the molecule is COc1ncccc1C(O)CCO. The van der Waals surface area contributed by atoms with Crippen LogP contribution in [-0.2, 0) is 0 Å². The van der Waals surface area contributed by atoms with E-state index in [1.165, 1.54) is 7.11 Å². The standard InChI is InChI=1S/C9H13NO3/c1-13-9-7(3-2-5-10-9)8(12)4-6-11/h2-3,5,8,11-12H,4,6H2,1H3. The highest BCUT2D eigenvalue weighted by molar-refractivity contribution is 5.27. The molecule has 0 radical (unpaired) electrons. The molecule has 0 aliphatic rings. The molecule has 0 aliphatic heterocycles. The van der Waals surface area contributed by atoms with Crippen molar-refractivity contribution in [3.05, 3.63) is 23.9 Å². The molecular formula is C9H13NO3. The smallest absolute Gasteiger partial charge is 0.218 e. The second-order valence-electron chi connectivity index (χ2n) is 2.63. The first-order chi connectivity index (χ1) is 6.29. The molecule has 13 heavy (non-hydrogen) atoms. The third-order valence-corrected chi connectivity index (χ3v) is 1.76. The molecule has 0 spiro atoms. The molecule has 4 nitrogen and oxygen atoms in total. The maximum atomic E-state index is 9.55. The second-order valence-corrected chi connectivity index (χ2v) is 2.63. The van der Waals surface area contributed by atoms with Crippen LogP contribution in [0.2, 0.25) is 0 Å². The monoisotopic (exact) mass is 183 g/mol. The van der Waals surface area contributed by atoms with E-state index in [0.29, 0.717) is 17.9 Å². The highest BCUT2D eigenvalue weighted by Gasteiger charge is 2.12. The number of aromatic nitrogens is 1. The number of rotatable bonds is 4. The summed E-state index contributed by atoms with van der Waals surface area (Å²) in [5, 5.41) is 18.2. The van der Waals surface area contributed by atoms with Crippen LogP contribution in [0.4, 0.5) is 0 Å². The van der Waals surface area contributed by atoms with Gasteiger partial charge in [0.05, 0.1) is 13.2 Å². The number of hydrogen-bond donors (Lipinski definition) is 2. The van der Waals surface area contributed by atoms with E-state index in [2.05, 4.69) is 4.98 Å². The zero-order valence-corrected chi connectivity index (χ0v) is 7.47. The van der Waals surface area contributed by atoms with E-state index < -0.39 is 6.10 Å². The molecular weight excluding hydrogens is 170 g/mol. The fourth-order valence-corrected chi connectivity index (χ4v) is 1.11. The van der Waals surface area contributed by atoms with E-state index in [4.69, 9.17) is 9.84 Å². The van der Waals surface area contributed by atoms with Gasteiger partial charge in [-0.3, -0.25) is 0 Å². The molecule has 1 rings (SSSR count). The molecule has 1 heterocycles. The number of pyridine rings is 1. The number of ether oxygens (including phenoxy) is 1. The zero-order valence-electron chi connectivity index (χ0n) is 7.47. The number of nitrogens with zero attached hydrogens (tertiary/aromatic N) is 1. The summed E-state index contributed by atoms with van der Waals surface area (Å²) in [6.45, 7) is -0.0563. The summed E-state index contributed by atoms with van der Waals surface area (Å²) in [5.74, 6) is 0.406. The molecule has 4 heteroatoms. The maximum Gasteiger partial charge on any atom is 0.218 e. The highest BCUT2D eigenvalue weighted by Crippen LogP contribution is 2.23. The molecule has 1 atom stereocenters. The average Bonchev–Trinajstić information content (AvgIpc) is 2.18. The molecule has 1 aromatic rings. The summed E-state index contributed by atoms with van der Waals surface area (Å²) in [7, 11) is 1.50. The van der Waals surface area contributed by atoms with Gasteiger partial charge in [-0.1, -0.05) is 0 Å². The Hall–Kier alpha value is -1.13. The molecule has 1 aromatic heterocycles. The van der Waals surface area contributed by atoms with Gasteiger partial charge in [0.15, 0.2) is 0 Å². The second kappa shape index (κ2) is 4.79. The van der Waals surface area contributed by atoms with Crippen molar-refractivity contribution in [3.63, 3.8) is 0 Å². The summed E-state index contributed by atoms with van der Waals surface area (Å²) in [6, 6.07) is 3.45. The van der Waals surface area contributed by atoms with Crippen molar-refractivity contribution in [2.75, 3.05) is 13.7 Å². The van der Waals surface area contributed by atoms with E-state index in [1.54, 1.807) is 18.3 Å². The molecule has 1 unspecified atom stereocenters. The van der Waals surface area contributed by atoms with E-state index in [-0.39, 0.29) is 6.61 Å². The number of aliphatic hydroxyl groups excluding tert-OH is 2. The van der Waals surface area contributed by atoms with E-state index in [1.807, 2.05) is 0 Å². The minimum absolute atomic E-state index is 0.0563. The quantitative estimate of drug-likeness (QED) is 0.713. The van der Waals surface area contributed by atoms with Crippen molar-refractivity contribution in [3.8, 4) is 5.88 Å². The Labute approximate surface area is 76.8 Å². The van der Waals surface area contributed by atoms with Crippen LogP contribution in [-0.4, -0.2) is 28.9 Å². The summed E-state index contributed by atoms with van der Waals surface area (Å²) in [6.07, 6.45) is 1.17. The van der Waals surface area contributed by atoms with Gasteiger partial charge in [0.2, 0.25) is 5.88 Å². The molecule has 0 fully saturated rings. The predicted molar refractivity (Wildman–Crippen MR) is 47.5 cm³/mol. The van der Waals surface area contributed by atoms with Crippen molar-refractivity contribution < 1.29 is 14.9 Å². The number of hydrogen-bond acceptors (Lipinski definition) is 4. The molecule has 0 amide bonds. The first kappa shape index (κ1) is 9.95. The van der Waals surface area contributed by atoms with Crippen LogP contribution in [0, 0.1) is 0 Å². The third kappa shape index (κ3) is 2.40. The first-order valence-electron chi connectivity index (χ1n) is 4.07.